The van der Waals surface area contributed by atoms with Crippen LogP contribution >= 0.6 is 0 Å². The third kappa shape index (κ3) is 4.41. The number of halogens is 1. The van der Waals surface area contributed by atoms with Crippen LogP contribution in [0.4, 0.5) is 10.2 Å². The highest BCUT2D eigenvalue weighted by molar-refractivity contribution is 5.91. The predicted octanol–water partition coefficient (Wildman–Crippen LogP) is 3.24. The molecule has 26 heavy (non-hydrogen) atoms. The maximum absolute atomic E-state index is 12.9. The zero-order valence-corrected chi connectivity index (χ0v) is 14.1. The first-order valence-corrected chi connectivity index (χ1v) is 8.03. The van der Waals surface area contributed by atoms with Gasteiger partial charge in [-0.05, 0) is 42.8 Å². The number of amides is 1. The molecule has 0 saturated heterocycles. The van der Waals surface area contributed by atoms with E-state index in [4.69, 9.17) is 9.26 Å². The van der Waals surface area contributed by atoms with Gasteiger partial charge in [0, 0.05) is 24.6 Å². The Bertz CT molecular complexity index is 880. The molecule has 7 nitrogen and oxygen atoms in total. The Hall–Kier alpha value is -3.29. The van der Waals surface area contributed by atoms with Gasteiger partial charge < -0.3 is 14.6 Å². The Morgan fingerprint density at radius 3 is 2.85 bits per heavy atom. The molecule has 0 aliphatic carbocycles. The number of hydrogen-bond donors (Lipinski definition) is 1. The number of ether oxygens (including phenoxy) is 1. The van der Waals surface area contributed by atoms with Gasteiger partial charge in [-0.2, -0.15) is 4.98 Å². The molecule has 0 aliphatic rings. The van der Waals surface area contributed by atoms with Crippen molar-refractivity contribution in [2.45, 2.75) is 19.3 Å². The molecule has 0 aliphatic heterocycles. The molecule has 0 saturated carbocycles. The fraction of sp³-hybridized carbons (Fsp3) is 0.222. The third-order valence-electron chi connectivity index (χ3n) is 3.61. The average Bonchev–Trinajstić information content (AvgIpc) is 3.11. The minimum atomic E-state index is -0.326. The minimum absolute atomic E-state index is 0.180. The van der Waals surface area contributed by atoms with Gasteiger partial charge in [0.1, 0.15) is 5.82 Å². The SMILES string of the molecule is COc1cccnc1NC(=O)CCCc1nc(-c2ccc(F)cc2)no1. The first-order valence-electron chi connectivity index (χ1n) is 8.03. The summed E-state index contributed by atoms with van der Waals surface area (Å²) < 4.78 is 23.2. The number of hydrogen-bond acceptors (Lipinski definition) is 6. The second-order valence-electron chi connectivity index (χ2n) is 5.47. The summed E-state index contributed by atoms with van der Waals surface area (Å²) >= 11 is 0. The lowest BCUT2D eigenvalue weighted by atomic mass is 10.2. The Labute approximate surface area is 149 Å². The number of methoxy groups -OCH3 is 1. The van der Waals surface area contributed by atoms with Gasteiger partial charge >= 0.3 is 0 Å². The normalized spacial score (nSPS) is 10.5. The number of benzene rings is 1. The Morgan fingerprint density at radius 1 is 1.27 bits per heavy atom. The molecule has 0 bridgehead atoms. The highest BCUT2D eigenvalue weighted by Gasteiger charge is 2.11. The van der Waals surface area contributed by atoms with E-state index >= 15 is 0 Å². The number of pyridine rings is 1. The first-order chi connectivity index (χ1) is 12.7. The quantitative estimate of drug-likeness (QED) is 0.699. The molecule has 0 unspecified atom stereocenters. The number of aryl methyl sites for hydroxylation is 1. The van der Waals surface area contributed by atoms with Crippen molar-refractivity contribution in [2.24, 2.45) is 0 Å². The molecule has 0 fully saturated rings. The Kier molecular flexibility index (Phi) is 5.52. The van der Waals surface area contributed by atoms with E-state index in [1.54, 1.807) is 30.5 Å². The van der Waals surface area contributed by atoms with Crippen molar-refractivity contribution in [3.8, 4) is 17.1 Å². The van der Waals surface area contributed by atoms with Crippen LogP contribution in [0.15, 0.2) is 47.1 Å². The molecule has 0 atom stereocenters. The van der Waals surface area contributed by atoms with Gasteiger partial charge in [-0.25, -0.2) is 9.37 Å². The number of rotatable bonds is 7. The molecule has 134 valence electrons. The summed E-state index contributed by atoms with van der Waals surface area (Å²) in [4.78, 5) is 20.3. The van der Waals surface area contributed by atoms with Crippen LogP contribution in [0.2, 0.25) is 0 Å². The van der Waals surface area contributed by atoms with E-state index < -0.39 is 0 Å². The van der Waals surface area contributed by atoms with Crippen molar-refractivity contribution in [2.75, 3.05) is 12.4 Å². The molecular formula is C18H17FN4O3. The van der Waals surface area contributed by atoms with E-state index in [0.29, 0.717) is 41.7 Å². The van der Waals surface area contributed by atoms with Crippen LogP contribution in [0.3, 0.4) is 0 Å². The van der Waals surface area contributed by atoms with Gasteiger partial charge in [-0.15, -0.1) is 0 Å². The van der Waals surface area contributed by atoms with Gasteiger partial charge in [0.05, 0.1) is 7.11 Å². The van der Waals surface area contributed by atoms with Crippen molar-refractivity contribution in [3.05, 3.63) is 54.3 Å². The number of nitrogens with one attached hydrogen (secondary N) is 1. The van der Waals surface area contributed by atoms with Crippen LogP contribution in [0.5, 0.6) is 5.75 Å². The summed E-state index contributed by atoms with van der Waals surface area (Å²) in [6.45, 7) is 0. The van der Waals surface area contributed by atoms with E-state index in [-0.39, 0.29) is 18.1 Å². The molecule has 1 amide bonds. The summed E-state index contributed by atoms with van der Waals surface area (Å²) in [6.07, 6.45) is 2.84. The molecule has 3 aromatic rings. The number of aromatic nitrogens is 3. The summed E-state index contributed by atoms with van der Waals surface area (Å²) in [7, 11) is 1.51. The maximum atomic E-state index is 12.9. The van der Waals surface area contributed by atoms with Crippen molar-refractivity contribution in [3.63, 3.8) is 0 Å². The fourth-order valence-corrected chi connectivity index (χ4v) is 2.32. The second-order valence-corrected chi connectivity index (χ2v) is 5.47. The van der Waals surface area contributed by atoms with Crippen LogP contribution in [0, 0.1) is 5.82 Å². The Morgan fingerprint density at radius 2 is 2.08 bits per heavy atom. The lowest BCUT2D eigenvalue weighted by molar-refractivity contribution is -0.116. The summed E-state index contributed by atoms with van der Waals surface area (Å²) in [5.41, 5.74) is 0.668. The van der Waals surface area contributed by atoms with Gasteiger partial charge in [-0.3, -0.25) is 4.79 Å². The molecule has 0 spiro atoms. The lowest BCUT2D eigenvalue weighted by Crippen LogP contribution is -2.13. The highest BCUT2D eigenvalue weighted by Crippen LogP contribution is 2.20. The fourth-order valence-electron chi connectivity index (χ4n) is 2.32. The zero-order chi connectivity index (χ0) is 18.4. The number of carbonyl (C=O) groups excluding carboxylic acids is 1. The molecule has 8 heteroatoms. The molecule has 3 rings (SSSR count). The van der Waals surface area contributed by atoms with Crippen molar-refractivity contribution in [1.29, 1.82) is 0 Å². The van der Waals surface area contributed by atoms with E-state index in [0.717, 1.165) is 0 Å². The number of anilines is 1. The third-order valence-corrected chi connectivity index (χ3v) is 3.61. The molecule has 1 N–H and O–H groups in total. The predicted molar refractivity (Wildman–Crippen MR) is 92.0 cm³/mol. The smallest absolute Gasteiger partial charge is 0.226 e. The number of nitrogens with zero attached hydrogens (tertiary/aromatic N) is 3. The summed E-state index contributed by atoms with van der Waals surface area (Å²) in [6, 6.07) is 9.28. The van der Waals surface area contributed by atoms with E-state index in [9.17, 15) is 9.18 Å². The van der Waals surface area contributed by atoms with Crippen molar-refractivity contribution >= 4 is 11.7 Å². The van der Waals surface area contributed by atoms with Crippen LogP contribution in [-0.2, 0) is 11.2 Å². The van der Waals surface area contributed by atoms with Crippen LogP contribution in [-0.4, -0.2) is 28.1 Å². The summed E-state index contributed by atoms with van der Waals surface area (Å²) in [5.74, 6) is 1.20. The lowest BCUT2D eigenvalue weighted by Gasteiger charge is -2.07. The van der Waals surface area contributed by atoms with E-state index in [1.165, 1.54) is 19.2 Å². The standard InChI is InChI=1S/C18H17FN4O3/c1-25-14-4-3-11-20-18(14)21-15(24)5-2-6-16-22-17(23-26-16)12-7-9-13(19)10-8-12/h3-4,7-11H,2,5-6H2,1H3,(H,20,21,24). The van der Waals surface area contributed by atoms with Crippen LogP contribution in [0.1, 0.15) is 18.7 Å². The highest BCUT2D eigenvalue weighted by atomic mass is 19.1. The molecule has 2 heterocycles. The summed E-state index contributed by atoms with van der Waals surface area (Å²) in [5, 5.41) is 6.58. The van der Waals surface area contributed by atoms with Crippen molar-refractivity contribution < 1.29 is 18.4 Å². The van der Waals surface area contributed by atoms with Gasteiger partial charge in [0.25, 0.3) is 0 Å². The van der Waals surface area contributed by atoms with E-state index in [2.05, 4.69) is 20.4 Å². The first kappa shape index (κ1) is 17.5. The second kappa shape index (κ2) is 8.19. The van der Waals surface area contributed by atoms with Crippen LogP contribution < -0.4 is 10.1 Å². The molecule has 1 aromatic carbocycles. The number of carbonyl (C=O) groups is 1. The van der Waals surface area contributed by atoms with Gasteiger partial charge in [0.2, 0.25) is 17.6 Å². The molecule has 2 aromatic heterocycles. The van der Waals surface area contributed by atoms with Crippen molar-refractivity contribution in [1.82, 2.24) is 15.1 Å². The molecular weight excluding hydrogens is 339 g/mol. The topological polar surface area (TPSA) is 90.1 Å². The minimum Gasteiger partial charge on any atom is -0.493 e. The maximum Gasteiger partial charge on any atom is 0.226 e. The van der Waals surface area contributed by atoms with Crippen LogP contribution in [0.25, 0.3) is 11.4 Å². The average molecular weight is 356 g/mol. The van der Waals surface area contributed by atoms with E-state index in [1.807, 2.05) is 0 Å². The largest absolute Gasteiger partial charge is 0.493 e. The zero-order valence-electron chi connectivity index (χ0n) is 14.1. The molecule has 0 radical (unpaired) electrons. The van der Waals surface area contributed by atoms with Gasteiger partial charge in [0.15, 0.2) is 11.6 Å². The monoisotopic (exact) mass is 356 g/mol. The Balaban J connectivity index is 1.50. The van der Waals surface area contributed by atoms with Gasteiger partial charge in [-0.1, -0.05) is 5.16 Å².